The highest BCUT2D eigenvalue weighted by molar-refractivity contribution is 6.11. The Hall–Kier alpha value is -3.81. The van der Waals surface area contributed by atoms with E-state index in [0.717, 1.165) is 11.8 Å². The van der Waals surface area contributed by atoms with Crippen molar-refractivity contribution < 1.29 is 33.3 Å². The highest BCUT2D eigenvalue weighted by atomic mass is 16.7. The van der Waals surface area contributed by atoms with Crippen LogP contribution in [0.2, 0.25) is 0 Å². The topological polar surface area (TPSA) is 91.4 Å². The number of amides is 1. The van der Waals surface area contributed by atoms with Crippen molar-refractivity contribution in [1.29, 1.82) is 0 Å². The van der Waals surface area contributed by atoms with Crippen LogP contribution in [0.3, 0.4) is 0 Å². The van der Waals surface area contributed by atoms with Crippen LogP contribution in [-0.4, -0.2) is 50.4 Å². The van der Waals surface area contributed by atoms with E-state index in [1.165, 1.54) is 14.2 Å². The maximum absolute atomic E-state index is 13.7. The normalized spacial score (nSPS) is 20.3. The molecule has 0 N–H and O–H groups in total. The SMILES string of the molecule is C/C=C(/C=O)CCN1C(=O)c2cc(OC)c(OC)cc2[C@H]2C(=O)c3cc4c(cc3[C@H]21)OCO4. The average Bonchev–Trinajstić information content (AvgIpc) is 3.41. The Morgan fingerprint density at radius 3 is 2.39 bits per heavy atom. The number of nitrogens with zero attached hydrogens (tertiary/aromatic N) is 1. The Balaban J connectivity index is 1.68. The molecular weight excluding hydrogens is 426 g/mol. The average molecular weight is 449 g/mol. The summed E-state index contributed by atoms with van der Waals surface area (Å²) in [5.74, 6) is 0.992. The van der Waals surface area contributed by atoms with Crippen molar-refractivity contribution >= 4 is 18.0 Å². The molecule has 0 aromatic heterocycles. The van der Waals surface area contributed by atoms with Gasteiger partial charge >= 0.3 is 0 Å². The first-order valence-corrected chi connectivity index (χ1v) is 10.7. The minimum atomic E-state index is -0.611. The van der Waals surface area contributed by atoms with E-state index in [1.54, 1.807) is 42.2 Å². The summed E-state index contributed by atoms with van der Waals surface area (Å²) in [4.78, 5) is 40.4. The standard InChI is InChI=1S/C25H23NO7/c1-4-13(11-27)5-6-26-23-15-8-20-21(33-12-32-20)9-16(15)24(28)22(23)14-7-18(30-2)19(31-3)10-17(14)25(26)29/h4,7-11,22-23H,5-6,12H2,1-3H3/b13-4+/t22-,23-/m1/s1. The van der Waals surface area contributed by atoms with Gasteiger partial charge in [0, 0.05) is 17.7 Å². The maximum atomic E-state index is 13.7. The van der Waals surface area contributed by atoms with Crippen LogP contribution in [-0.2, 0) is 4.79 Å². The van der Waals surface area contributed by atoms with Crippen LogP contribution in [0.1, 0.15) is 57.1 Å². The fraction of sp³-hybridized carbons (Fsp3) is 0.320. The lowest BCUT2D eigenvalue weighted by Crippen LogP contribution is -2.42. The molecule has 0 bridgehead atoms. The highest BCUT2D eigenvalue weighted by Gasteiger charge is 2.51. The molecule has 0 radical (unpaired) electrons. The van der Waals surface area contributed by atoms with E-state index in [-0.39, 0.29) is 25.0 Å². The van der Waals surface area contributed by atoms with Crippen LogP contribution >= 0.6 is 0 Å². The zero-order valence-electron chi connectivity index (χ0n) is 18.5. The Labute approximate surface area is 190 Å². The number of benzene rings is 2. The van der Waals surface area contributed by atoms with Crippen molar-refractivity contribution in [2.24, 2.45) is 0 Å². The minimum absolute atomic E-state index is 0.0903. The Bertz CT molecular complexity index is 1220. The highest BCUT2D eigenvalue weighted by Crippen LogP contribution is 2.54. The molecular formula is C25H23NO7. The molecule has 33 heavy (non-hydrogen) atoms. The fourth-order valence-corrected chi connectivity index (χ4v) is 4.95. The van der Waals surface area contributed by atoms with Gasteiger partial charge in [-0.3, -0.25) is 14.4 Å². The maximum Gasteiger partial charge on any atom is 0.254 e. The molecule has 8 nitrogen and oxygen atoms in total. The molecule has 2 heterocycles. The van der Waals surface area contributed by atoms with Gasteiger partial charge in [-0.15, -0.1) is 0 Å². The van der Waals surface area contributed by atoms with Crippen molar-refractivity contribution in [2.45, 2.75) is 25.3 Å². The fourth-order valence-electron chi connectivity index (χ4n) is 4.95. The van der Waals surface area contributed by atoms with Gasteiger partial charge in [-0.1, -0.05) is 6.08 Å². The number of hydrogen-bond donors (Lipinski definition) is 0. The van der Waals surface area contributed by atoms with Crippen molar-refractivity contribution in [3.63, 3.8) is 0 Å². The van der Waals surface area contributed by atoms with Crippen LogP contribution in [0.5, 0.6) is 23.0 Å². The first kappa shape index (κ1) is 21.1. The molecule has 2 aliphatic heterocycles. The summed E-state index contributed by atoms with van der Waals surface area (Å²) in [6.07, 6.45) is 2.90. The predicted octanol–water partition coefficient (Wildman–Crippen LogP) is 3.44. The summed E-state index contributed by atoms with van der Waals surface area (Å²) in [5.41, 5.74) is 2.81. The number of carbonyl (C=O) groups excluding carboxylic acids is 3. The second kappa shape index (κ2) is 7.95. The van der Waals surface area contributed by atoms with E-state index < -0.39 is 12.0 Å². The molecule has 0 spiro atoms. The van der Waals surface area contributed by atoms with Crippen LogP contribution in [0.25, 0.3) is 0 Å². The van der Waals surface area contributed by atoms with E-state index in [2.05, 4.69) is 0 Å². The van der Waals surface area contributed by atoms with E-state index in [1.807, 2.05) is 0 Å². The Morgan fingerprint density at radius 2 is 1.73 bits per heavy atom. The predicted molar refractivity (Wildman–Crippen MR) is 117 cm³/mol. The van der Waals surface area contributed by atoms with Crippen LogP contribution in [0.15, 0.2) is 35.9 Å². The van der Waals surface area contributed by atoms with Gasteiger partial charge in [0.1, 0.15) is 6.29 Å². The Morgan fingerprint density at radius 1 is 1.03 bits per heavy atom. The number of carbonyl (C=O) groups is 3. The van der Waals surface area contributed by atoms with Crippen LogP contribution in [0, 0.1) is 0 Å². The second-order valence-electron chi connectivity index (χ2n) is 8.10. The van der Waals surface area contributed by atoms with E-state index >= 15 is 0 Å². The molecule has 8 heteroatoms. The number of methoxy groups -OCH3 is 2. The lowest BCUT2D eigenvalue weighted by molar-refractivity contribution is -0.105. The monoisotopic (exact) mass is 449 g/mol. The lowest BCUT2D eigenvalue weighted by atomic mass is 9.82. The van der Waals surface area contributed by atoms with Crippen molar-refractivity contribution in [3.05, 3.63) is 58.2 Å². The zero-order chi connectivity index (χ0) is 23.3. The molecule has 170 valence electrons. The molecule has 0 unspecified atom stereocenters. The molecule has 1 amide bonds. The number of fused-ring (bicyclic) bond motifs is 6. The number of aldehydes is 1. The van der Waals surface area contributed by atoms with Crippen molar-refractivity contribution in [1.82, 2.24) is 4.90 Å². The van der Waals surface area contributed by atoms with Crippen LogP contribution < -0.4 is 18.9 Å². The van der Waals surface area contributed by atoms with Gasteiger partial charge in [-0.25, -0.2) is 0 Å². The summed E-state index contributed by atoms with van der Waals surface area (Å²) in [6.45, 7) is 2.16. The van der Waals surface area contributed by atoms with E-state index in [0.29, 0.717) is 51.7 Å². The van der Waals surface area contributed by atoms with Crippen LogP contribution in [0.4, 0.5) is 0 Å². The van der Waals surface area contributed by atoms with Crippen molar-refractivity contribution in [3.8, 4) is 23.0 Å². The van der Waals surface area contributed by atoms with Gasteiger partial charge in [-0.2, -0.15) is 0 Å². The van der Waals surface area contributed by atoms with Gasteiger partial charge in [0.05, 0.1) is 26.2 Å². The number of allylic oxidation sites excluding steroid dienone is 1. The molecule has 2 aromatic carbocycles. The second-order valence-corrected chi connectivity index (χ2v) is 8.10. The third-order valence-electron chi connectivity index (χ3n) is 6.61. The third kappa shape index (κ3) is 3.08. The first-order valence-electron chi connectivity index (χ1n) is 10.7. The smallest absolute Gasteiger partial charge is 0.254 e. The molecule has 0 saturated carbocycles. The van der Waals surface area contributed by atoms with Gasteiger partial charge in [0.2, 0.25) is 6.79 Å². The van der Waals surface area contributed by atoms with Gasteiger partial charge in [0.15, 0.2) is 28.8 Å². The van der Waals surface area contributed by atoms with Gasteiger partial charge in [0.25, 0.3) is 5.91 Å². The lowest BCUT2D eigenvalue weighted by Gasteiger charge is -2.39. The van der Waals surface area contributed by atoms with Crippen molar-refractivity contribution in [2.75, 3.05) is 27.6 Å². The number of ether oxygens (including phenoxy) is 4. The quantitative estimate of drug-likeness (QED) is 0.493. The number of rotatable bonds is 6. The van der Waals surface area contributed by atoms with Gasteiger partial charge in [-0.05, 0) is 54.3 Å². The largest absolute Gasteiger partial charge is 0.493 e. The summed E-state index contributed by atoms with van der Waals surface area (Å²) >= 11 is 0. The van der Waals surface area contributed by atoms with E-state index in [9.17, 15) is 14.4 Å². The molecule has 2 aromatic rings. The van der Waals surface area contributed by atoms with Gasteiger partial charge < -0.3 is 23.8 Å². The summed E-state index contributed by atoms with van der Waals surface area (Å²) in [6, 6.07) is 6.31. The molecule has 3 aliphatic rings. The molecule has 1 aliphatic carbocycles. The summed E-state index contributed by atoms with van der Waals surface area (Å²) < 4.78 is 21.9. The molecule has 0 saturated heterocycles. The molecule has 0 fully saturated rings. The summed E-state index contributed by atoms with van der Waals surface area (Å²) in [5, 5.41) is 0. The number of ketones is 1. The molecule has 5 rings (SSSR count). The first-order chi connectivity index (χ1) is 16.0. The minimum Gasteiger partial charge on any atom is -0.493 e. The molecule has 2 atom stereocenters. The number of hydrogen-bond acceptors (Lipinski definition) is 7. The van der Waals surface area contributed by atoms with E-state index in [4.69, 9.17) is 18.9 Å². The summed E-state index contributed by atoms with van der Waals surface area (Å²) in [7, 11) is 3.01. The zero-order valence-corrected chi connectivity index (χ0v) is 18.5. The number of Topliss-reactive ketones (excluding diaryl/α,β-unsaturated/α-hetero) is 1. The Kier molecular flexibility index (Phi) is 5.08. The third-order valence-corrected chi connectivity index (χ3v) is 6.61.